The highest BCUT2D eigenvalue weighted by atomic mass is 127. The number of benzene rings is 1. The van der Waals surface area contributed by atoms with Gasteiger partial charge in [-0.05, 0) is 28.7 Å². The number of carbonyl (C=O) groups excluding carboxylic acids is 1. The van der Waals surface area contributed by atoms with E-state index in [9.17, 15) is 14.9 Å². The van der Waals surface area contributed by atoms with Crippen molar-refractivity contribution in [2.45, 2.75) is 0 Å². The summed E-state index contributed by atoms with van der Waals surface area (Å²) in [5.74, 6) is -0.174. The molecule has 0 radical (unpaired) electrons. The van der Waals surface area contributed by atoms with Crippen molar-refractivity contribution in [2.24, 2.45) is 0 Å². The van der Waals surface area contributed by atoms with Crippen molar-refractivity contribution in [3.8, 4) is 0 Å². The second-order valence-electron chi connectivity index (χ2n) is 4.78. The van der Waals surface area contributed by atoms with Crippen molar-refractivity contribution < 1.29 is 14.8 Å². The van der Waals surface area contributed by atoms with Gasteiger partial charge in [0, 0.05) is 48.4 Å². The molecule has 1 fully saturated rings. The van der Waals surface area contributed by atoms with Crippen LogP contribution in [-0.4, -0.2) is 65.1 Å². The molecule has 0 aliphatic carbocycles. The smallest absolute Gasteiger partial charge is 0.270 e. The topological polar surface area (TPSA) is 86.9 Å². The normalized spacial score (nSPS) is 16.0. The maximum Gasteiger partial charge on any atom is 0.270 e. The number of hydrogen-bond donors (Lipinski definition) is 1. The van der Waals surface area contributed by atoms with Crippen LogP contribution in [0.15, 0.2) is 18.2 Å². The van der Waals surface area contributed by atoms with Crippen LogP contribution in [0, 0.1) is 13.7 Å². The maximum absolute atomic E-state index is 12.5. The largest absolute Gasteiger partial charge is 0.395 e. The Balaban J connectivity index is 2.10. The Hall–Kier alpha value is -1.26. The summed E-state index contributed by atoms with van der Waals surface area (Å²) >= 11 is 2.02. The lowest BCUT2D eigenvalue weighted by atomic mass is 10.1. The Labute approximate surface area is 135 Å². The Morgan fingerprint density at radius 3 is 2.57 bits per heavy atom. The number of nitro groups is 1. The van der Waals surface area contributed by atoms with Crippen LogP contribution in [0.25, 0.3) is 0 Å². The molecule has 1 N–H and O–H groups in total. The Morgan fingerprint density at radius 2 is 2.00 bits per heavy atom. The number of hydrogen-bond acceptors (Lipinski definition) is 5. The maximum atomic E-state index is 12.5. The SMILES string of the molecule is O=C(c1cc([N+](=O)[O-])ccc1I)N1CCN(CCO)CC1. The highest BCUT2D eigenvalue weighted by Crippen LogP contribution is 2.21. The van der Waals surface area contributed by atoms with Crippen molar-refractivity contribution in [2.75, 3.05) is 39.3 Å². The molecule has 21 heavy (non-hydrogen) atoms. The van der Waals surface area contributed by atoms with E-state index >= 15 is 0 Å². The number of rotatable bonds is 4. The molecule has 7 nitrogen and oxygen atoms in total. The van der Waals surface area contributed by atoms with Gasteiger partial charge in [0.05, 0.1) is 17.1 Å². The zero-order valence-corrected chi connectivity index (χ0v) is 13.5. The molecule has 0 atom stereocenters. The van der Waals surface area contributed by atoms with Gasteiger partial charge in [-0.15, -0.1) is 0 Å². The molecular weight excluding hydrogens is 389 g/mol. The van der Waals surface area contributed by atoms with E-state index in [-0.39, 0.29) is 18.2 Å². The van der Waals surface area contributed by atoms with E-state index in [1.165, 1.54) is 12.1 Å². The summed E-state index contributed by atoms with van der Waals surface area (Å²) in [5, 5.41) is 19.7. The predicted molar refractivity (Wildman–Crippen MR) is 85.2 cm³/mol. The number of carbonyl (C=O) groups is 1. The standard InChI is InChI=1S/C13H16IN3O4/c14-12-2-1-10(17(20)21)9-11(12)13(19)16-5-3-15(4-6-16)7-8-18/h1-2,9,18H,3-8H2. The van der Waals surface area contributed by atoms with E-state index in [2.05, 4.69) is 4.90 Å². The first-order valence-corrected chi connectivity index (χ1v) is 7.67. The summed E-state index contributed by atoms with van der Waals surface area (Å²) in [4.78, 5) is 26.6. The van der Waals surface area contributed by atoms with E-state index < -0.39 is 4.92 Å². The lowest BCUT2D eigenvalue weighted by Gasteiger charge is -2.34. The van der Waals surface area contributed by atoms with Gasteiger partial charge in [0.15, 0.2) is 0 Å². The van der Waals surface area contributed by atoms with Crippen LogP contribution in [0.3, 0.4) is 0 Å². The van der Waals surface area contributed by atoms with Gasteiger partial charge in [-0.25, -0.2) is 0 Å². The molecule has 1 saturated heterocycles. The summed E-state index contributed by atoms with van der Waals surface area (Å²) in [5.41, 5.74) is 0.304. The van der Waals surface area contributed by atoms with Crippen molar-refractivity contribution in [3.05, 3.63) is 37.4 Å². The fourth-order valence-electron chi connectivity index (χ4n) is 2.28. The van der Waals surface area contributed by atoms with E-state index in [4.69, 9.17) is 5.11 Å². The second-order valence-corrected chi connectivity index (χ2v) is 5.94. The molecule has 2 rings (SSSR count). The molecule has 1 heterocycles. The molecule has 1 aliphatic heterocycles. The molecule has 0 unspecified atom stereocenters. The van der Waals surface area contributed by atoms with Gasteiger partial charge >= 0.3 is 0 Å². The Bertz CT molecular complexity index is 544. The first-order chi connectivity index (χ1) is 10.0. The third kappa shape index (κ3) is 3.89. The molecule has 1 aliphatic rings. The van der Waals surface area contributed by atoms with Gasteiger partial charge in [0.1, 0.15) is 0 Å². The summed E-state index contributed by atoms with van der Waals surface area (Å²) in [7, 11) is 0. The highest BCUT2D eigenvalue weighted by molar-refractivity contribution is 14.1. The van der Waals surface area contributed by atoms with Gasteiger partial charge in [0.2, 0.25) is 0 Å². The fourth-order valence-corrected chi connectivity index (χ4v) is 2.84. The first-order valence-electron chi connectivity index (χ1n) is 6.59. The van der Waals surface area contributed by atoms with Crippen LogP contribution in [0.1, 0.15) is 10.4 Å². The lowest BCUT2D eigenvalue weighted by Crippen LogP contribution is -2.49. The monoisotopic (exact) mass is 405 g/mol. The van der Waals surface area contributed by atoms with Gasteiger partial charge < -0.3 is 10.0 Å². The van der Waals surface area contributed by atoms with Gasteiger partial charge in [0.25, 0.3) is 11.6 Å². The number of piperazine rings is 1. The van der Waals surface area contributed by atoms with Crippen molar-refractivity contribution in [1.29, 1.82) is 0 Å². The molecule has 8 heteroatoms. The molecule has 1 amide bonds. The minimum atomic E-state index is -0.494. The van der Waals surface area contributed by atoms with Gasteiger partial charge in [-0.1, -0.05) is 0 Å². The third-order valence-electron chi connectivity index (χ3n) is 3.47. The summed E-state index contributed by atoms with van der Waals surface area (Å²) in [6, 6.07) is 4.33. The van der Waals surface area contributed by atoms with Crippen molar-refractivity contribution in [1.82, 2.24) is 9.80 Å². The zero-order valence-electron chi connectivity index (χ0n) is 11.4. The predicted octanol–water partition coefficient (Wildman–Crippen LogP) is 0.950. The van der Waals surface area contributed by atoms with Crippen molar-refractivity contribution >= 4 is 34.2 Å². The number of amides is 1. The van der Waals surface area contributed by atoms with E-state index in [0.717, 1.165) is 0 Å². The second kappa shape index (κ2) is 7.14. The number of halogens is 1. The van der Waals surface area contributed by atoms with Gasteiger partial charge in [-0.2, -0.15) is 0 Å². The zero-order chi connectivity index (χ0) is 15.4. The number of non-ortho nitro benzene ring substituents is 1. The van der Waals surface area contributed by atoms with Crippen molar-refractivity contribution in [3.63, 3.8) is 0 Å². The number of nitrogens with zero attached hydrogens (tertiary/aromatic N) is 3. The van der Waals surface area contributed by atoms with Crippen LogP contribution >= 0.6 is 22.6 Å². The minimum absolute atomic E-state index is 0.0716. The molecule has 0 bridgehead atoms. The third-order valence-corrected chi connectivity index (χ3v) is 4.41. The molecule has 1 aromatic carbocycles. The highest BCUT2D eigenvalue weighted by Gasteiger charge is 2.24. The quantitative estimate of drug-likeness (QED) is 0.458. The molecule has 0 spiro atoms. The summed E-state index contributed by atoms with van der Waals surface area (Å²) < 4.78 is 0.709. The number of aliphatic hydroxyl groups is 1. The van der Waals surface area contributed by atoms with Crippen LogP contribution < -0.4 is 0 Å². The fraction of sp³-hybridized carbons (Fsp3) is 0.462. The van der Waals surface area contributed by atoms with Crippen LogP contribution in [0.2, 0.25) is 0 Å². The Kier molecular flexibility index (Phi) is 5.48. The van der Waals surface area contributed by atoms with E-state index in [1.54, 1.807) is 11.0 Å². The minimum Gasteiger partial charge on any atom is -0.395 e. The number of β-amino-alcohol motifs (C(OH)–C–C–N with tert-alkyl or cyclic N) is 1. The molecular formula is C13H16IN3O4. The molecule has 0 saturated carbocycles. The number of nitro benzene ring substituents is 1. The van der Waals surface area contributed by atoms with Crippen LogP contribution in [-0.2, 0) is 0 Å². The van der Waals surface area contributed by atoms with Crippen LogP contribution in [0.5, 0.6) is 0 Å². The molecule has 114 valence electrons. The van der Waals surface area contributed by atoms with E-state index in [0.29, 0.717) is 41.9 Å². The summed E-state index contributed by atoms with van der Waals surface area (Å²) in [6.07, 6.45) is 0. The Morgan fingerprint density at radius 1 is 1.33 bits per heavy atom. The van der Waals surface area contributed by atoms with Gasteiger partial charge in [-0.3, -0.25) is 19.8 Å². The number of aliphatic hydroxyl groups excluding tert-OH is 1. The average Bonchev–Trinajstić information content (AvgIpc) is 2.48. The van der Waals surface area contributed by atoms with E-state index in [1.807, 2.05) is 22.6 Å². The molecule has 1 aromatic rings. The summed E-state index contributed by atoms with van der Waals surface area (Å²) in [6.45, 7) is 3.26. The molecule has 0 aromatic heterocycles. The average molecular weight is 405 g/mol. The first kappa shape index (κ1) is 16.1. The van der Waals surface area contributed by atoms with Crippen LogP contribution in [0.4, 0.5) is 5.69 Å². The lowest BCUT2D eigenvalue weighted by molar-refractivity contribution is -0.384.